The van der Waals surface area contributed by atoms with Crippen LogP contribution in [0.2, 0.25) is 0 Å². The molecule has 6 heteroatoms. The molecule has 0 aromatic heterocycles. The number of likely N-dealkylation sites (N-methyl/N-ethyl adjacent to an activating group) is 1. The van der Waals surface area contributed by atoms with Gasteiger partial charge in [0.1, 0.15) is 0 Å². The van der Waals surface area contributed by atoms with Gasteiger partial charge in [0.15, 0.2) is 6.29 Å². The molecule has 0 bridgehead atoms. The molecule has 1 saturated heterocycles. The summed E-state index contributed by atoms with van der Waals surface area (Å²) in [7, 11) is 2.08. The Morgan fingerprint density at radius 3 is 2.58 bits per heavy atom. The average molecular weight is 263 g/mol. The van der Waals surface area contributed by atoms with E-state index in [2.05, 4.69) is 16.8 Å². The van der Waals surface area contributed by atoms with Gasteiger partial charge >= 0.3 is 0 Å². The topological polar surface area (TPSA) is 66.7 Å². The van der Waals surface area contributed by atoms with Crippen molar-refractivity contribution in [2.75, 3.05) is 33.2 Å². The maximum absolute atomic E-state index is 11.0. The number of piperazine rings is 1. The lowest BCUT2D eigenvalue weighted by atomic mass is 10.1. The van der Waals surface area contributed by atoms with E-state index in [1.807, 2.05) is 0 Å². The smallest absolute Gasteiger partial charge is 0.270 e. The fourth-order valence-corrected chi connectivity index (χ4v) is 2.20. The van der Waals surface area contributed by atoms with Crippen molar-refractivity contribution in [1.29, 1.82) is 0 Å². The highest BCUT2D eigenvalue weighted by atomic mass is 16.6. The SMILES string of the molecule is CN1CCN(Cc2ccc([N+](=O)[O-])cc2C=O)CC1. The normalized spacial score (nSPS) is 17.3. The van der Waals surface area contributed by atoms with Gasteiger partial charge in [-0.15, -0.1) is 0 Å². The summed E-state index contributed by atoms with van der Waals surface area (Å²) in [6.45, 7) is 4.57. The number of carbonyl (C=O) groups is 1. The molecule has 0 aliphatic carbocycles. The first-order chi connectivity index (χ1) is 9.10. The van der Waals surface area contributed by atoms with Gasteiger partial charge in [-0.3, -0.25) is 19.8 Å². The Morgan fingerprint density at radius 2 is 2.00 bits per heavy atom. The molecule has 1 aliphatic heterocycles. The van der Waals surface area contributed by atoms with Gasteiger partial charge in [0.2, 0.25) is 0 Å². The van der Waals surface area contributed by atoms with E-state index >= 15 is 0 Å². The number of hydrogen-bond acceptors (Lipinski definition) is 5. The molecule has 0 amide bonds. The fourth-order valence-electron chi connectivity index (χ4n) is 2.20. The van der Waals surface area contributed by atoms with Crippen LogP contribution in [0.25, 0.3) is 0 Å². The molecule has 1 aromatic rings. The largest absolute Gasteiger partial charge is 0.304 e. The summed E-state index contributed by atoms with van der Waals surface area (Å²) in [6, 6.07) is 4.48. The monoisotopic (exact) mass is 263 g/mol. The maximum Gasteiger partial charge on any atom is 0.270 e. The van der Waals surface area contributed by atoms with Crippen LogP contribution in [0.4, 0.5) is 5.69 Å². The second-order valence-corrected chi connectivity index (χ2v) is 4.84. The minimum absolute atomic E-state index is 0.0378. The van der Waals surface area contributed by atoms with E-state index in [9.17, 15) is 14.9 Å². The number of carbonyl (C=O) groups excluding carboxylic acids is 1. The first kappa shape index (κ1) is 13.6. The molecular formula is C13H17N3O3. The molecule has 0 saturated carbocycles. The van der Waals surface area contributed by atoms with E-state index in [0.717, 1.165) is 31.7 Å². The lowest BCUT2D eigenvalue weighted by Gasteiger charge is -2.32. The second-order valence-electron chi connectivity index (χ2n) is 4.84. The average Bonchev–Trinajstić information content (AvgIpc) is 2.41. The van der Waals surface area contributed by atoms with Gasteiger partial charge in [-0.25, -0.2) is 0 Å². The molecule has 1 aliphatic rings. The van der Waals surface area contributed by atoms with E-state index in [0.29, 0.717) is 18.4 Å². The Labute approximate surface area is 111 Å². The predicted octanol–water partition coefficient (Wildman–Crippen LogP) is 1.15. The Morgan fingerprint density at radius 1 is 1.32 bits per heavy atom. The van der Waals surface area contributed by atoms with Crippen LogP contribution in [0.3, 0.4) is 0 Å². The first-order valence-corrected chi connectivity index (χ1v) is 6.23. The molecule has 0 radical (unpaired) electrons. The highest BCUT2D eigenvalue weighted by Gasteiger charge is 2.16. The van der Waals surface area contributed by atoms with Gasteiger partial charge in [0, 0.05) is 50.4 Å². The third-order valence-electron chi connectivity index (χ3n) is 3.46. The molecule has 1 aromatic carbocycles. The van der Waals surface area contributed by atoms with Crippen LogP contribution in [0.1, 0.15) is 15.9 Å². The van der Waals surface area contributed by atoms with Gasteiger partial charge in [0.25, 0.3) is 5.69 Å². The van der Waals surface area contributed by atoms with Crippen molar-refractivity contribution in [3.63, 3.8) is 0 Å². The zero-order chi connectivity index (χ0) is 13.8. The summed E-state index contributed by atoms with van der Waals surface area (Å²) in [5.74, 6) is 0. The number of hydrogen-bond donors (Lipinski definition) is 0. The number of nitro groups is 1. The van der Waals surface area contributed by atoms with Crippen molar-refractivity contribution >= 4 is 12.0 Å². The molecule has 0 unspecified atom stereocenters. The summed E-state index contributed by atoms with van der Waals surface area (Å²) in [5.41, 5.74) is 1.22. The van der Waals surface area contributed by atoms with Gasteiger partial charge < -0.3 is 4.90 Å². The molecule has 102 valence electrons. The summed E-state index contributed by atoms with van der Waals surface area (Å²) in [5, 5.41) is 10.7. The van der Waals surface area contributed by atoms with Gasteiger partial charge in [-0.05, 0) is 12.6 Å². The standard InChI is InChI=1S/C13H17N3O3/c1-14-4-6-15(7-5-14)9-11-2-3-13(16(18)19)8-12(11)10-17/h2-3,8,10H,4-7,9H2,1H3. The predicted molar refractivity (Wildman–Crippen MR) is 71.3 cm³/mol. The second kappa shape index (κ2) is 5.90. The molecule has 19 heavy (non-hydrogen) atoms. The van der Waals surface area contributed by atoms with Crippen molar-refractivity contribution in [3.8, 4) is 0 Å². The van der Waals surface area contributed by atoms with Crippen LogP contribution in [-0.2, 0) is 6.54 Å². The van der Waals surface area contributed by atoms with E-state index in [1.54, 1.807) is 6.07 Å². The van der Waals surface area contributed by atoms with Crippen molar-refractivity contribution in [2.24, 2.45) is 0 Å². The van der Waals surface area contributed by atoms with Crippen LogP contribution in [0, 0.1) is 10.1 Å². The number of nitrogens with zero attached hydrogens (tertiary/aromatic N) is 3. The van der Waals surface area contributed by atoms with E-state index < -0.39 is 4.92 Å². The van der Waals surface area contributed by atoms with Crippen molar-refractivity contribution < 1.29 is 9.72 Å². The van der Waals surface area contributed by atoms with Crippen LogP contribution in [0.15, 0.2) is 18.2 Å². The van der Waals surface area contributed by atoms with E-state index in [4.69, 9.17) is 0 Å². The summed E-state index contributed by atoms with van der Waals surface area (Å²) >= 11 is 0. The number of non-ortho nitro benzene ring substituents is 1. The van der Waals surface area contributed by atoms with Crippen molar-refractivity contribution in [1.82, 2.24) is 9.80 Å². The third kappa shape index (κ3) is 3.36. The Kier molecular flexibility index (Phi) is 4.24. The number of aldehydes is 1. The fraction of sp³-hybridized carbons (Fsp3) is 0.462. The van der Waals surface area contributed by atoms with Crippen LogP contribution in [-0.4, -0.2) is 54.2 Å². The van der Waals surface area contributed by atoms with Crippen molar-refractivity contribution in [2.45, 2.75) is 6.54 Å². The van der Waals surface area contributed by atoms with Crippen LogP contribution >= 0.6 is 0 Å². The molecule has 0 N–H and O–H groups in total. The van der Waals surface area contributed by atoms with E-state index in [-0.39, 0.29) is 5.69 Å². The lowest BCUT2D eigenvalue weighted by Crippen LogP contribution is -2.44. The molecule has 6 nitrogen and oxygen atoms in total. The summed E-state index contributed by atoms with van der Waals surface area (Å²) in [4.78, 5) is 25.8. The minimum Gasteiger partial charge on any atom is -0.304 e. The van der Waals surface area contributed by atoms with E-state index in [1.165, 1.54) is 12.1 Å². The molecule has 1 heterocycles. The maximum atomic E-state index is 11.0. The lowest BCUT2D eigenvalue weighted by molar-refractivity contribution is -0.384. The van der Waals surface area contributed by atoms with Crippen molar-refractivity contribution in [3.05, 3.63) is 39.4 Å². The molecule has 2 rings (SSSR count). The summed E-state index contributed by atoms with van der Waals surface area (Å²) < 4.78 is 0. The number of benzene rings is 1. The Balaban J connectivity index is 2.11. The molecule has 0 atom stereocenters. The minimum atomic E-state index is -0.480. The zero-order valence-electron chi connectivity index (χ0n) is 10.9. The third-order valence-corrected chi connectivity index (χ3v) is 3.46. The highest BCUT2D eigenvalue weighted by Crippen LogP contribution is 2.18. The molecule has 0 spiro atoms. The Hall–Kier alpha value is -1.79. The van der Waals surface area contributed by atoms with Gasteiger partial charge in [-0.2, -0.15) is 0 Å². The van der Waals surface area contributed by atoms with Crippen LogP contribution < -0.4 is 0 Å². The molecule has 1 fully saturated rings. The molecular weight excluding hydrogens is 246 g/mol. The summed E-state index contributed by atoms with van der Waals surface area (Å²) in [6.07, 6.45) is 0.693. The quantitative estimate of drug-likeness (QED) is 0.463. The number of nitro benzene ring substituents is 1. The zero-order valence-corrected chi connectivity index (χ0v) is 10.9. The van der Waals surface area contributed by atoms with Gasteiger partial charge in [-0.1, -0.05) is 6.07 Å². The van der Waals surface area contributed by atoms with Crippen LogP contribution in [0.5, 0.6) is 0 Å². The number of rotatable bonds is 4. The Bertz CT molecular complexity index is 482. The highest BCUT2D eigenvalue weighted by molar-refractivity contribution is 5.78. The van der Waals surface area contributed by atoms with Gasteiger partial charge in [0.05, 0.1) is 4.92 Å². The first-order valence-electron chi connectivity index (χ1n) is 6.23.